The molecular formula is C16H13Cl2N3O2. The highest BCUT2D eigenvalue weighted by Gasteiger charge is 2.14. The number of aromatic nitrogens is 2. The van der Waals surface area contributed by atoms with E-state index >= 15 is 0 Å². The van der Waals surface area contributed by atoms with E-state index in [0.717, 1.165) is 5.56 Å². The smallest absolute Gasteiger partial charge is 0.292 e. The molecule has 1 aromatic carbocycles. The quantitative estimate of drug-likeness (QED) is 0.759. The molecule has 2 heterocycles. The predicted octanol–water partition coefficient (Wildman–Crippen LogP) is 4.39. The lowest BCUT2D eigenvalue weighted by atomic mass is 10.2. The molecule has 23 heavy (non-hydrogen) atoms. The number of hydrogen-bond donors (Lipinski definition) is 1. The van der Waals surface area contributed by atoms with Crippen molar-refractivity contribution in [2.45, 2.75) is 13.5 Å². The first kappa shape index (κ1) is 15.6. The molecule has 118 valence electrons. The molecule has 0 unspecified atom stereocenters. The van der Waals surface area contributed by atoms with Gasteiger partial charge in [-0.1, -0.05) is 29.3 Å². The van der Waals surface area contributed by atoms with Crippen molar-refractivity contribution in [2.75, 3.05) is 5.32 Å². The first-order chi connectivity index (χ1) is 11.0. The maximum absolute atomic E-state index is 12.2. The van der Waals surface area contributed by atoms with Crippen LogP contribution in [0.25, 0.3) is 0 Å². The Morgan fingerprint density at radius 2 is 1.96 bits per heavy atom. The fourth-order valence-corrected chi connectivity index (χ4v) is 2.65. The molecule has 0 aliphatic heterocycles. The van der Waals surface area contributed by atoms with E-state index < -0.39 is 0 Å². The number of nitrogens with one attached hydrogen (secondary N) is 1. The summed E-state index contributed by atoms with van der Waals surface area (Å²) in [6.07, 6.45) is 1.59. The molecule has 3 aromatic rings. The fraction of sp³-hybridized carbons (Fsp3) is 0.125. The van der Waals surface area contributed by atoms with Crippen LogP contribution in [-0.2, 0) is 6.54 Å². The van der Waals surface area contributed by atoms with Crippen molar-refractivity contribution in [1.29, 1.82) is 0 Å². The SMILES string of the molecule is Cc1ccc(C(=O)Nc2ccnn2Cc2c(Cl)cccc2Cl)o1. The van der Waals surface area contributed by atoms with Gasteiger partial charge in [0.05, 0.1) is 12.7 Å². The summed E-state index contributed by atoms with van der Waals surface area (Å²) in [6, 6.07) is 10.3. The largest absolute Gasteiger partial charge is 0.456 e. The summed E-state index contributed by atoms with van der Waals surface area (Å²) in [5, 5.41) is 8.06. The van der Waals surface area contributed by atoms with Gasteiger partial charge in [-0.25, -0.2) is 4.68 Å². The molecule has 3 rings (SSSR count). The van der Waals surface area contributed by atoms with Gasteiger partial charge in [-0.15, -0.1) is 0 Å². The van der Waals surface area contributed by atoms with Crippen LogP contribution in [0.1, 0.15) is 21.9 Å². The number of rotatable bonds is 4. The third-order valence-electron chi connectivity index (χ3n) is 3.29. The second-order valence-electron chi connectivity index (χ2n) is 4.94. The van der Waals surface area contributed by atoms with Gasteiger partial charge in [0.1, 0.15) is 11.6 Å². The molecule has 0 radical (unpaired) electrons. The number of carbonyl (C=O) groups is 1. The maximum atomic E-state index is 12.2. The lowest BCUT2D eigenvalue weighted by Crippen LogP contribution is -2.15. The van der Waals surface area contributed by atoms with Crippen LogP contribution in [0, 0.1) is 6.92 Å². The van der Waals surface area contributed by atoms with E-state index in [1.54, 1.807) is 54.2 Å². The number of aryl methyl sites for hydroxylation is 1. The average molecular weight is 350 g/mol. The summed E-state index contributed by atoms with van der Waals surface area (Å²) in [5.74, 6) is 1.10. The molecule has 5 nitrogen and oxygen atoms in total. The summed E-state index contributed by atoms with van der Waals surface area (Å²) in [7, 11) is 0. The Kier molecular flexibility index (Phi) is 4.41. The number of hydrogen-bond acceptors (Lipinski definition) is 3. The Labute approximate surface area is 142 Å². The minimum atomic E-state index is -0.342. The van der Waals surface area contributed by atoms with Crippen molar-refractivity contribution >= 4 is 34.9 Å². The fourth-order valence-electron chi connectivity index (χ4n) is 2.13. The number of nitrogens with zero attached hydrogens (tertiary/aromatic N) is 2. The number of anilines is 1. The number of halogens is 2. The molecule has 1 amide bonds. The molecule has 0 saturated heterocycles. The second-order valence-corrected chi connectivity index (χ2v) is 5.75. The molecule has 0 saturated carbocycles. The van der Waals surface area contributed by atoms with Crippen LogP contribution in [0.4, 0.5) is 5.82 Å². The van der Waals surface area contributed by atoms with Gasteiger partial charge < -0.3 is 9.73 Å². The molecule has 0 bridgehead atoms. The van der Waals surface area contributed by atoms with Crippen LogP contribution >= 0.6 is 23.2 Å². The third-order valence-corrected chi connectivity index (χ3v) is 4.00. The number of amides is 1. The van der Waals surface area contributed by atoms with E-state index in [2.05, 4.69) is 10.4 Å². The molecule has 0 fully saturated rings. The molecule has 0 aliphatic rings. The Balaban J connectivity index is 1.81. The monoisotopic (exact) mass is 349 g/mol. The standard InChI is InChI=1S/C16H13Cl2N3O2/c1-10-5-6-14(23-10)16(22)20-15-7-8-19-21(15)9-11-12(17)3-2-4-13(11)18/h2-8H,9H2,1H3,(H,20,22). The van der Waals surface area contributed by atoms with Gasteiger partial charge in [-0.2, -0.15) is 5.10 Å². The number of benzene rings is 1. The number of furan rings is 1. The van der Waals surface area contributed by atoms with Crippen LogP contribution in [0.15, 0.2) is 47.0 Å². The minimum absolute atomic E-state index is 0.242. The van der Waals surface area contributed by atoms with Gasteiger partial charge >= 0.3 is 0 Å². The zero-order valence-electron chi connectivity index (χ0n) is 12.2. The van der Waals surface area contributed by atoms with Gasteiger partial charge in [-0.05, 0) is 31.2 Å². The second kappa shape index (κ2) is 6.48. The zero-order chi connectivity index (χ0) is 16.4. The van der Waals surface area contributed by atoms with E-state index in [0.29, 0.717) is 28.2 Å². The Bertz CT molecular complexity index is 834. The van der Waals surface area contributed by atoms with Crippen LogP contribution in [0.3, 0.4) is 0 Å². The molecule has 0 aliphatic carbocycles. The van der Waals surface area contributed by atoms with E-state index in [1.165, 1.54) is 0 Å². The highest BCUT2D eigenvalue weighted by Crippen LogP contribution is 2.26. The molecule has 2 aromatic heterocycles. The molecule has 0 spiro atoms. The van der Waals surface area contributed by atoms with E-state index in [-0.39, 0.29) is 11.7 Å². The molecular weight excluding hydrogens is 337 g/mol. The van der Waals surface area contributed by atoms with Crippen LogP contribution in [0.2, 0.25) is 10.0 Å². The minimum Gasteiger partial charge on any atom is -0.456 e. The van der Waals surface area contributed by atoms with Crippen molar-refractivity contribution in [1.82, 2.24) is 9.78 Å². The Hall–Kier alpha value is -2.24. The van der Waals surface area contributed by atoms with Crippen molar-refractivity contribution in [2.24, 2.45) is 0 Å². The van der Waals surface area contributed by atoms with Crippen molar-refractivity contribution in [3.8, 4) is 0 Å². The Morgan fingerprint density at radius 1 is 1.22 bits per heavy atom. The maximum Gasteiger partial charge on any atom is 0.292 e. The summed E-state index contributed by atoms with van der Waals surface area (Å²) in [5.41, 5.74) is 0.740. The van der Waals surface area contributed by atoms with Crippen LogP contribution in [0.5, 0.6) is 0 Å². The van der Waals surface area contributed by atoms with Gasteiger partial charge in [0.2, 0.25) is 0 Å². The van der Waals surface area contributed by atoms with Crippen LogP contribution < -0.4 is 5.32 Å². The first-order valence-corrected chi connectivity index (χ1v) is 7.62. The van der Waals surface area contributed by atoms with Gasteiger partial charge in [0, 0.05) is 21.7 Å². The van der Waals surface area contributed by atoms with Gasteiger partial charge in [0.15, 0.2) is 5.76 Å². The van der Waals surface area contributed by atoms with Gasteiger partial charge in [0.25, 0.3) is 5.91 Å². The predicted molar refractivity (Wildman–Crippen MR) is 89.2 cm³/mol. The highest BCUT2D eigenvalue weighted by atomic mass is 35.5. The first-order valence-electron chi connectivity index (χ1n) is 6.87. The topological polar surface area (TPSA) is 60.1 Å². The van der Waals surface area contributed by atoms with E-state index in [4.69, 9.17) is 27.6 Å². The average Bonchev–Trinajstić information content (AvgIpc) is 3.12. The van der Waals surface area contributed by atoms with Crippen LogP contribution in [-0.4, -0.2) is 15.7 Å². The third kappa shape index (κ3) is 3.41. The lowest BCUT2D eigenvalue weighted by molar-refractivity contribution is 0.0994. The highest BCUT2D eigenvalue weighted by molar-refractivity contribution is 6.36. The summed E-state index contributed by atoms with van der Waals surface area (Å²) in [6.45, 7) is 2.12. The summed E-state index contributed by atoms with van der Waals surface area (Å²) >= 11 is 12.4. The number of carbonyl (C=O) groups excluding carboxylic acids is 1. The Morgan fingerprint density at radius 3 is 2.61 bits per heavy atom. The van der Waals surface area contributed by atoms with Crippen molar-refractivity contribution < 1.29 is 9.21 Å². The summed E-state index contributed by atoms with van der Waals surface area (Å²) < 4.78 is 6.92. The van der Waals surface area contributed by atoms with Gasteiger partial charge in [-0.3, -0.25) is 4.79 Å². The molecule has 7 heteroatoms. The molecule has 0 atom stereocenters. The van der Waals surface area contributed by atoms with E-state index in [9.17, 15) is 4.79 Å². The van der Waals surface area contributed by atoms with E-state index in [1.807, 2.05) is 0 Å². The normalized spacial score (nSPS) is 10.7. The lowest BCUT2D eigenvalue weighted by Gasteiger charge is -2.11. The zero-order valence-corrected chi connectivity index (χ0v) is 13.7. The summed E-state index contributed by atoms with van der Waals surface area (Å²) in [4.78, 5) is 12.2. The van der Waals surface area contributed by atoms with Crippen molar-refractivity contribution in [3.05, 3.63) is 69.7 Å². The molecule has 1 N–H and O–H groups in total. The van der Waals surface area contributed by atoms with Crippen molar-refractivity contribution in [3.63, 3.8) is 0 Å².